The van der Waals surface area contributed by atoms with E-state index in [1.54, 1.807) is 12.1 Å². The zero-order chi connectivity index (χ0) is 24.3. The summed E-state index contributed by atoms with van der Waals surface area (Å²) in [5.74, 6) is -2.96. The lowest BCUT2D eigenvalue weighted by Gasteiger charge is -2.70. The molecule has 4 aliphatic rings. The van der Waals surface area contributed by atoms with Gasteiger partial charge in [0, 0.05) is 24.1 Å². The van der Waals surface area contributed by atoms with Crippen molar-refractivity contribution in [3.63, 3.8) is 0 Å². The third-order valence-electron chi connectivity index (χ3n) is 6.68. The van der Waals surface area contributed by atoms with Crippen LogP contribution in [0.2, 0.25) is 10.0 Å². The second-order valence-corrected chi connectivity index (χ2v) is 10.2. The Bertz CT molecular complexity index is 1210. The Morgan fingerprint density at radius 2 is 1.79 bits per heavy atom. The van der Waals surface area contributed by atoms with E-state index in [-0.39, 0.29) is 53.4 Å². The summed E-state index contributed by atoms with van der Waals surface area (Å²) in [5.41, 5.74) is -0.650. The summed E-state index contributed by atoms with van der Waals surface area (Å²) in [6.45, 7) is -0.180. The Kier molecular flexibility index (Phi) is 5.56. The van der Waals surface area contributed by atoms with Crippen molar-refractivity contribution >= 4 is 40.7 Å². The quantitative estimate of drug-likeness (QED) is 0.585. The van der Waals surface area contributed by atoms with E-state index >= 15 is 0 Å². The number of hydrogen-bond donors (Lipinski definition) is 1. The van der Waals surface area contributed by atoms with Crippen LogP contribution in [0.15, 0.2) is 30.3 Å². The molecule has 1 N–H and O–H groups in total. The maximum Gasteiger partial charge on any atom is 0.258 e. The Hall–Kier alpha value is -2.71. The number of carbonyl (C=O) groups is 3. The normalized spacial score (nSPS) is 26.5. The van der Waals surface area contributed by atoms with Gasteiger partial charge in [0.2, 0.25) is 0 Å². The lowest BCUT2D eigenvalue weighted by Crippen LogP contribution is -2.75. The fourth-order valence-electron chi connectivity index (χ4n) is 5.35. The minimum absolute atomic E-state index is 0.0572. The number of halogens is 4. The summed E-state index contributed by atoms with van der Waals surface area (Å²) >= 11 is 11.8. The smallest absolute Gasteiger partial charge is 0.258 e. The molecule has 0 unspecified atom stereocenters. The number of amides is 1. The van der Waals surface area contributed by atoms with Crippen molar-refractivity contribution in [2.75, 3.05) is 6.61 Å². The van der Waals surface area contributed by atoms with Gasteiger partial charge in [0.05, 0.1) is 22.0 Å². The van der Waals surface area contributed by atoms with Crippen LogP contribution in [0.5, 0.6) is 11.5 Å². The molecule has 10 heteroatoms. The maximum atomic E-state index is 13.5. The topological polar surface area (TPSA) is 81.7 Å². The zero-order valence-corrected chi connectivity index (χ0v) is 19.3. The number of rotatable bonds is 7. The Morgan fingerprint density at radius 3 is 2.50 bits per heavy atom. The summed E-state index contributed by atoms with van der Waals surface area (Å²) in [6.07, 6.45) is 0.885. The summed E-state index contributed by atoms with van der Waals surface area (Å²) in [5, 5.41) is 3.69. The predicted molar refractivity (Wildman–Crippen MR) is 118 cm³/mol. The molecule has 1 heterocycles. The molecule has 2 bridgehead atoms. The highest BCUT2D eigenvalue weighted by molar-refractivity contribution is 6.42. The summed E-state index contributed by atoms with van der Waals surface area (Å²) in [7, 11) is 0. The summed E-state index contributed by atoms with van der Waals surface area (Å²) in [6, 6.07) is 6.32. The second kappa shape index (κ2) is 8.20. The average molecular weight is 510 g/mol. The molecular weight excluding hydrogens is 491 g/mol. The van der Waals surface area contributed by atoms with Crippen molar-refractivity contribution in [1.82, 2.24) is 5.32 Å². The number of ketones is 2. The van der Waals surface area contributed by atoms with Gasteiger partial charge in [-0.3, -0.25) is 14.4 Å². The zero-order valence-electron chi connectivity index (χ0n) is 17.8. The van der Waals surface area contributed by atoms with Crippen molar-refractivity contribution in [2.45, 2.75) is 43.7 Å². The first kappa shape index (κ1) is 23.1. The van der Waals surface area contributed by atoms with Gasteiger partial charge >= 0.3 is 0 Å². The largest absolute Gasteiger partial charge is 0.484 e. The molecule has 34 heavy (non-hydrogen) atoms. The number of benzene rings is 2. The van der Waals surface area contributed by atoms with Crippen LogP contribution >= 0.6 is 23.2 Å². The van der Waals surface area contributed by atoms with Gasteiger partial charge in [0.25, 0.3) is 5.91 Å². The molecule has 1 amide bonds. The van der Waals surface area contributed by atoms with E-state index in [0.29, 0.717) is 35.1 Å². The molecule has 0 saturated heterocycles. The number of hydrogen-bond acceptors (Lipinski definition) is 5. The molecule has 3 fully saturated rings. The Morgan fingerprint density at radius 1 is 1.09 bits per heavy atom. The van der Waals surface area contributed by atoms with Crippen molar-refractivity contribution in [2.24, 2.45) is 5.41 Å². The van der Waals surface area contributed by atoms with E-state index < -0.39 is 23.5 Å². The molecular formula is C24H19Cl2F2NO5. The van der Waals surface area contributed by atoms with Crippen LogP contribution in [0.1, 0.15) is 42.5 Å². The van der Waals surface area contributed by atoms with Crippen LogP contribution in [0.3, 0.4) is 0 Å². The summed E-state index contributed by atoms with van der Waals surface area (Å²) < 4.78 is 37.9. The van der Waals surface area contributed by atoms with Crippen LogP contribution < -0.4 is 14.8 Å². The standard InChI is InChI=1S/C24H19Cl2F2NO5/c25-14-2-1-12(3-15(14)26)33-8-22(32)29-24-9-23(10-24,11-24)7-19(31)21-6-18(30)13-4-16(27)17(28)5-20(13)34-21/h1-5,21H,6-11H2,(H,29,32)/t21-,23?,24?/m1/s1. The van der Waals surface area contributed by atoms with Gasteiger partial charge in [-0.15, -0.1) is 0 Å². The van der Waals surface area contributed by atoms with Crippen molar-refractivity contribution in [3.05, 3.63) is 57.6 Å². The van der Waals surface area contributed by atoms with Crippen molar-refractivity contribution < 1.29 is 32.6 Å². The van der Waals surface area contributed by atoms with Gasteiger partial charge < -0.3 is 14.8 Å². The molecule has 3 aliphatic carbocycles. The van der Waals surface area contributed by atoms with Crippen LogP contribution in [0, 0.1) is 17.0 Å². The highest BCUT2D eigenvalue weighted by Gasteiger charge is 2.68. The minimum atomic E-state index is -1.14. The first-order valence-corrected chi connectivity index (χ1v) is 11.4. The molecule has 2 aromatic carbocycles. The second-order valence-electron chi connectivity index (χ2n) is 9.36. The number of nitrogens with one attached hydrogen (secondary N) is 1. The molecule has 1 atom stereocenters. The highest BCUT2D eigenvalue weighted by Crippen LogP contribution is 2.69. The molecule has 6 nitrogen and oxygen atoms in total. The van der Waals surface area contributed by atoms with Gasteiger partial charge in [0.15, 0.2) is 35.9 Å². The fraction of sp³-hybridized carbons (Fsp3) is 0.375. The van der Waals surface area contributed by atoms with Crippen molar-refractivity contribution in [3.8, 4) is 11.5 Å². The number of carbonyl (C=O) groups excluding carboxylic acids is 3. The van der Waals surface area contributed by atoms with E-state index in [1.807, 2.05) is 0 Å². The Labute approximate surface area is 203 Å². The lowest BCUT2D eigenvalue weighted by molar-refractivity contribution is -0.175. The van der Waals surface area contributed by atoms with Gasteiger partial charge in [0.1, 0.15) is 11.5 Å². The van der Waals surface area contributed by atoms with Crippen molar-refractivity contribution in [1.29, 1.82) is 0 Å². The third kappa shape index (κ3) is 4.14. The number of ether oxygens (including phenoxy) is 2. The van der Waals surface area contributed by atoms with E-state index in [2.05, 4.69) is 5.32 Å². The first-order valence-electron chi connectivity index (χ1n) is 10.7. The van der Waals surface area contributed by atoms with E-state index in [1.165, 1.54) is 6.07 Å². The third-order valence-corrected chi connectivity index (χ3v) is 7.42. The SMILES string of the molecule is O=C(COc1ccc(Cl)c(Cl)c1)NC12CC(CC(=O)[C@H]3CC(=O)c4cc(F)c(F)cc4O3)(C1)C2. The Balaban J connectivity index is 1.11. The molecule has 2 aromatic rings. The minimum Gasteiger partial charge on any atom is -0.484 e. The lowest BCUT2D eigenvalue weighted by atomic mass is 9.38. The van der Waals surface area contributed by atoms with E-state index in [0.717, 1.165) is 12.1 Å². The van der Waals surface area contributed by atoms with Crippen LogP contribution in [-0.4, -0.2) is 35.7 Å². The predicted octanol–water partition coefficient (Wildman–Crippen LogP) is 4.68. The maximum absolute atomic E-state index is 13.5. The molecule has 178 valence electrons. The van der Waals surface area contributed by atoms with Crippen LogP contribution in [0.25, 0.3) is 0 Å². The molecule has 0 aromatic heterocycles. The molecule has 0 spiro atoms. The van der Waals surface area contributed by atoms with Crippen LogP contribution in [0.4, 0.5) is 8.78 Å². The molecule has 6 rings (SSSR count). The van der Waals surface area contributed by atoms with Gasteiger partial charge in [-0.25, -0.2) is 8.78 Å². The first-order chi connectivity index (χ1) is 16.1. The van der Waals surface area contributed by atoms with E-state index in [4.69, 9.17) is 32.7 Å². The monoisotopic (exact) mass is 509 g/mol. The van der Waals surface area contributed by atoms with Gasteiger partial charge in [-0.05, 0) is 42.9 Å². The molecule has 3 saturated carbocycles. The van der Waals surface area contributed by atoms with Crippen LogP contribution in [-0.2, 0) is 9.59 Å². The van der Waals surface area contributed by atoms with E-state index in [9.17, 15) is 23.2 Å². The molecule has 0 radical (unpaired) electrons. The number of Topliss-reactive ketones (excluding diaryl/α,β-unsaturated/α-hetero) is 2. The summed E-state index contributed by atoms with van der Waals surface area (Å²) in [4.78, 5) is 37.4. The molecule has 1 aliphatic heterocycles. The fourth-order valence-corrected chi connectivity index (χ4v) is 5.63. The average Bonchev–Trinajstić information content (AvgIpc) is 2.73. The number of fused-ring (bicyclic) bond motifs is 1. The van der Waals surface area contributed by atoms with Gasteiger partial charge in [-0.2, -0.15) is 0 Å². The highest BCUT2D eigenvalue weighted by atomic mass is 35.5. The van der Waals surface area contributed by atoms with Gasteiger partial charge in [-0.1, -0.05) is 23.2 Å².